The molecule has 1 N–H and O–H groups in total. The maximum absolute atomic E-state index is 10.6. The topological polar surface area (TPSA) is 62.4 Å². The lowest BCUT2D eigenvalue weighted by Gasteiger charge is -2.25. The first-order valence-electron chi connectivity index (χ1n) is 10.1. The first-order valence-corrected chi connectivity index (χ1v) is 11.7. The van der Waals surface area contributed by atoms with E-state index in [0.29, 0.717) is 26.5 Å². The summed E-state index contributed by atoms with van der Waals surface area (Å²) in [5.74, 6) is 1.33. The van der Waals surface area contributed by atoms with E-state index in [-0.39, 0.29) is 5.75 Å². The van der Waals surface area contributed by atoms with E-state index in [1.54, 1.807) is 17.1 Å². The Bertz CT molecular complexity index is 1490. The molecule has 6 nitrogen and oxygen atoms in total. The van der Waals surface area contributed by atoms with Gasteiger partial charge in [-0.05, 0) is 54.7 Å². The van der Waals surface area contributed by atoms with Crippen LogP contribution in [0.25, 0.3) is 5.69 Å². The summed E-state index contributed by atoms with van der Waals surface area (Å²) in [6.45, 7) is 0. The number of aliphatic imine (C=N–C) groups is 1. The summed E-state index contributed by atoms with van der Waals surface area (Å²) in [7, 11) is 0. The summed E-state index contributed by atoms with van der Waals surface area (Å²) in [6.07, 6.45) is 0. The van der Waals surface area contributed by atoms with Gasteiger partial charge in [0, 0.05) is 21.8 Å². The Morgan fingerprint density at radius 3 is 2.45 bits per heavy atom. The van der Waals surface area contributed by atoms with Gasteiger partial charge in [-0.1, -0.05) is 48.0 Å². The fourth-order valence-electron chi connectivity index (χ4n) is 3.88. The largest absolute Gasteiger partial charge is 0.508 e. The predicted octanol–water partition coefficient (Wildman–Crippen LogP) is 6.28. The number of para-hydroxylation sites is 1. The Kier molecular flexibility index (Phi) is 4.79. The van der Waals surface area contributed by atoms with Crippen molar-refractivity contribution in [1.82, 2.24) is 4.57 Å². The van der Waals surface area contributed by atoms with Crippen molar-refractivity contribution in [3.8, 4) is 11.4 Å². The summed E-state index contributed by atoms with van der Waals surface area (Å²) in [5, 5.41) is 17.6. The molecule has 3 heterocycles. The molecule has 9 heteroatoms. The van der Waals surface area contributed by atoms with Crippen LogP contribution < -0.4 is 5.01 Å². The molecule has 1 unspecified atom stereocenters. The zero-order chi connectivity index (χ0) is 22.5. The predicted molar refractivity (Wildman–Crippen MR) is 133 cm³/mol. The molecular weight excluding hydrogens is 476 g/mol. The number of fused-ring (bicyclic) bond motifs is 3. The Morgan fingerprint density at radius 1 is 0.970 bits per heavy atom. The van der Waals surface area contributed by atoms with Gasteiger partial charge in [0.15, 0.2) is 9.77 Å². The molecule has 6 rings (SSSR count). The van der Waals surface area contributed by atoms with Crippen LogP contribution in [-0.2, 0) is 4.74 Å². The van der Waals surface area contributed by atoms with Crippen molar-refractivity contribution in [2.45, 2.75) is 6.04 Å². The number of benzene rings is 3. The van der Waals surface area contributed by atoms with Crippen LogP contribution in [0.15, 0.2) is 89.0 Å². The quantitative estimate of drug-likeness (QED) is 0.343. The van der Waals surface area contributed by atoms with Gasteiger partial charge in [-0.25, -0.2) is 4.99 Å². The van der Waals surface area contributed by atoms with E-state index in [2.05, 4.69) is 0 Å². The zero-order valence-electron chi connectivity index (χ0n) is 16.9. The molecule has 4 aromatic rings. The van der Waals surface area contributed by atoms with Crippen molar-refractivity contribution in [3.05, 3.63) is 104 Å². The first-order chi connectivity index (χ1) is 16.1. The number of phenols is 1. The molecule has 0 spiro atoms. The highest BCUT2D eigenvalue weighted by Crippen LogP contribution is 2.46. The number of hydrazone groups is 1. The van der Waals surface area contributed by atoms with Crippen LogP contribution in [0.1, 0.15) is 22.0 Å². The number of hydrogen-bond acceptors (Lipinski definition) is 7. The summed E-state index contributed by atoms with van der Waals surface area (Å²) >= 11 is 13.3. The normalized spacial score (nSPS) is 16.5. The van der Waals surface area contributed by atoms with Crippen LogP contribution in [0.5, 0.6) is 5.75 Å². The molecule has 3 aromatic carbocycles. The number of halogens is 1. The third-order valence-corrected chi connectivity index (χ3v) is 7.06. The second-order valence-electron chi connectivity index (χ2n) is 7.43. The molecule has 0 aliphatic carbocycles. The van der Waals surface area contributed by atoms with Gasteiger partial charge >= 0.3 is 6.02 Å². The minimum atomic E-state index is -0.488. The highest BCUT2D eigenvalue weighted by molar-refractivity contribution is 7.73. The lowest BCUT2D eigenvalue weighted by Crippen LogP contribution is -2.29. The van der Waals surface area contributed by atoms with Crippen LogP contribution >= 0.6 is 35.2 Å². The number of amidine groups is 1. The van der Waals surface area contributed by atoms with Crippen LogP contribution in [-0.4, -0.2) is 21.6 Å². The lowest BCUT2D eigenvalue weighted by atomic mass is 10.0. The van der Waals surface area contributed by atoms with E-state index in [1.165, 1.54) is 11.3 Å². The molecular formula is C24H15ClN4O2S2. The van der Waals surface area contributed by atoms with Crippen LogP contribution in [0.3, 0.4) is 0 Å². The van der Waals surface area contributed by atoms with Gasteiger partial charge in [-0.2, -0.15) is 5.01 Å². The number of rotatable bonds is 3. The molecule has 0 saturated carbocycles. The second-order valence-corrected chi connectivity index (χ2v) is 9.54. The number of aromatic nitrogens is 1. The average Bonchev–Trinajstić information content (AvgIpc) is 3.41. The number of thiazole rings is 1. The molecule has 2 aliphatic rings. The number of phenolic OH excluding ortho intramolecular Hbond substituents is 1. The highest BCUT2D eigenvalue weighted by atomic mass is 35.5. The second kappa shape index (κ2) is 7.84. The Morgan fingerprint density at radius 2 is 1.70 bits per heavy atom. The fraction of sp³-hybridized carbons (Fsp3) is 0.0417. The van der Waals surface area contributed by atoms with Gasteiger partial charge in [0.2, 0.25) is 5.90 Å². The Balaban J connectivity index is 1.58. The van der Waals surface area contributed by atoms with E-state index < -0.39 is 6.04 Å². The molecule has 2 aliphatic heterocycles. The van der Waals surface area contributed by atoms with Crippen LogP contribution in [0, 0.1) is 3.95 Å². The van der Waals surface area contributed by atoms with E-state index in [4.69, 9.17) is 38.6 Å². The molecule has 162 valence electrons. The zero-order valence-corrected chi connectivity index (χ0v) is 19.3. The fourth-order valence-corrected chi connectivity index (χ4v) is 5.49. The van der Waals surface area contributed by atoms with Crippen molar-refractivity contribution in [1.29, 1.82) is 0 Å². The summed E-state index contributed by atoms with van der Waals surface area (Å²) in [5.41, 5.74) is 2.35. The van der Waals surface area contributed by atoms with E-state index in [0.717, 1.165) is 21.9 Å². The van der Waals surface area contributed by atoms with Gasteiger partial charge < -0.3 is 9.84 Å². The summed E-state index contributed by atoms with van der Waals surface area (Å²) in [4.78, 5) is 5.69. The highest BCUT2D eigenvalue weighted by Gasteiger charge is 2.40. The number of hydrogen-bond donors (Lipinski definition) is 1. The monoisotopic (exact) mass is 490 g/mol. The van der Waals surface area contributed by atoms with E-state index >= 15 is 0 Å². The SMILES string of the molecule is Oc1ccccc1C1N=C2OC(c3ccccc3)=NN2c2c1sc(=S)n2-c1ccc(Cl)cc1. The molecule has 33 heavy (non-hydrogen) atoms. The van der Waals surface area contributed by atoms with E-state index in [1.807, 2.05) is 71.3 Å². The molecule has 0 saturated heterocycles. The summed E-state index contributed by atoms with van der Waals surface area (Å²) < 4.78 is 8.67. The number of nitrogens with zero attached hydrogens (tertiary/aromatic N) is 4. The lowest BCUT2D eigenvalue weighted by molar-refractivity contribution is 0.464. The van der Waals surface area contributed by atoms with Crippen molar-refractivity contribution >= 4 is 52.9 Å². The minimum Gasteiger partial charge on any atom is -0.508 e. The molecule has 1 aromatic heterocycles. The Hall–Kier alpha value is -3.46. The third kappa shape index (κ3) is 3.34. The minimum absolute atomic E-state index is 0.158. The molecule has 0 radical (unpaired) electrons. The van der Waals surface area contributed by atoms with Gasteiger partial charge in [0.1, 0.15) is 11.8 Å². The molecule has 0 bridgehead atoms. The third-order valence-electron chi connectivity index (χ3n) is 5.40. The van der Waals surface area contributed by atoms with Crippen molar-refractivity contribution < 1.29 is 9.84 Å². The van der Waals surface area contributed by atoms with Crippen molar-refractivity contribution in [3.63, 3.8) is 0 Å². The van der Waals surface area contributed by atoms with Gasteiger partial charge in [0.05, 0.1) is 4.88 Å². The molecule has 0 fully saturated rings. The summed E-state index contributed by atoms with van der Waals surface area (Å²) in [6, 6.07) is 24.1. The van der Waals surface area contributed by atoms with Crippen molar-refractivity contribution in [2.75, 3.05) is 5.01 Å². The van der Waals surface area contributed by atoms with Gasteiger partial charge in [0.25, 0.3) is 0 Å². The van der Waals surface area contributed by atoms with Gasteiger partial charge in [-0.3, -0.25) is 4.57 Å². The van der Waals surface area contributed by atoms with E-state index in [9.17, 15) is 5.11 Å². The Labute approximate surface area is 203 Å². The maximum Gasteiger partial charge on any atom is 0.322 e. The van der Waals surface area contributed by atoms with Crippen LogP contribution in [0.4, 0.5) is 5.82 Å². The smallest absolute Gasteiger partial charge is 0.322 e. The number of anilines is 1. The first kappa shape index (κ1) is 20.2. The number of aromatic hydroxyl groups is 1. The standard InChI is InChI=1S/C24H15ClN4O2S2/c25-15-10-12-16(13-11-15)28-22-20(33-24(28)32)19(17-8-4-5-9-18(17)30)26-23-29(22)27-21(31-23)14-6-2-1-3-7-14/h1-13,19,30H. The maximum atomic E-state index is 10.6. The van der Waals surface area contributed by atoms with Gasteiger partial charge in [-0.15, -0.1) is 16.4 Å². The molecule has 1 atom stereocenters. The average molecular weight is 491 g/mol. The molecule has 0 amide bonds. The van der Waals surface area contributed by atoms with Crippen molar-refractivity contribution in [2.24, 2.45) is 10.1 Å². The van der Waals surface area contributed by atoms with Crippen LogP contribution in [0.2, 0.25) is 5.02 Å². The number of ether oxygens (including phenoxy) is 1.